The molecular weight excluding hydrogens is 338 g/mol. The third-order valence-electron chi connectivity index (χ3n) is 4.26. The van der Waals surface area contributed by atoms with Crippen LogP contribution in [0.1, 0.15) is 37.3 Å². The molecule has 2 rings (SSSR count). The summed E-state index contributed by atoms with van der Waals surface area (Å²) in [4.78, 5) is 34.7. The summed E-state index contributed by atoms with van der Waals surface area (Å²) in [6.45, 7) is 5.11. The Labute approximate surface area is 151 Å². The lowest BCUT2D eigenvalue weighted by Gasteiger charge is -2.19. The number of rotatable bonds is 8. The SMILES string of the molecule is CCCC[C@H](NC(=O)COc1ccc2c(C)c(C)c(=O)oc2c1)C(=O)[O-]. The highest BCUT2D eigenvalue weighted by molar-refractivity contribution is 5.84. The van der Waals surface area contributed by atoms with E-state index in [0.717, 1.165) is 17.4 Å². The molecule has 140 valence electrons. The van der Waals surface area contributed by atoms with Crippen molar-refractivity contribution >= 4 is 22.8 Å². The number of carboxylic acid groups (broad SMARTS) is 1. The fourth-order valence-electron chi connectivity index (χ4n) is 2.56. The minimum absolute atomic E-state index is 0.310. The molecule has 1 atom stereocenters. The number of hydrogen-bond donors (Lipinski definition) is 1. The molecule has 0 spiro atoms. The molecule has 0 aliphatic heterocycles. The largest absolute Gasteiger partial charge is 0.548 e. The van der Waals surface area contributed by atoms with E-state index in [1.165, 1.54) is 6.07 Å². The lowest BCUT2D eigenvalue weighted by molar-refractivity contribution is -0.308. The average molecular weight is 360 g/mol. The molecule has 7 nitrogen and oxygen atoms in total. The Balaban J connectivity index is 2.04. The van der Waals surface area contributed by atoms with E-state index in [4.69, 9.17) is 9.15 Å². The highest BCUT2D eigenvalue weighted by atomic mass is 16.5. The van der Waals surface area contributed by atoms with Crippen LogP contribution in [0.5, 0.6) is 5.75 Å². The molecule has 1 heterocycles. The molecule has 0 saturated heterocycles. The summed E-state index contributed by atoms with van der Waals surface area (Å²) in [5, 5.41) is 14.2. The standard InChI is InChI=1S/C19H23NO6/c1-4-5-6-15(18(22)23)20-17(21)10-25-13-7-8-14-11(2)12(3)19(24)26-16(14)9-13/h7-9,15H,4-6,10H2,1-3H3,(H,20,21)(H,22,23)/p-1/t15-/m0/s1. The molecule has 0 saturated carbocycles. The Morgan fingerprint density at radius 2 is 2.00 bits per heavy atom. The average Bonchev–Trinajstić information content (AvgIpc) is 2.61. The van der Waals surface area contributed by atoms with Crippen molar-refractivity contribution < 1.29 is 23.8 Å². The first-order valence-corrected chi connectivity index (χ1v) is 8.50. The number of unbranched alkanes of at least 4 members (excludes halogenated alkanes) is 1. The van der Waals surface area contributed by atoms with Crippen molar-refractivity contribution in [3.05, 3.63) is 39.7 Å². The number of aliphatic carboxylic acids is 1. The summed E-state index contributed by atoms with van der Waals surface area (Å²) in [6.07, 6.45) is 1.80. The number of nitrogens with one attached hydrogen (secondary N) is 1. The molecule has 26 heavy (non-hydrogen) atoms. The summed E-state index contributed by atoms with van der Waals surface area (Å²) in [5.41, 5.74) is 1.32. The molecule has 1 amide bonds. The maximum Gasteiger partial charge on any atom is 0.339 e. The Morgan fingerprint density at radius 3 is 2.65 bits per heavy atom. The van der Waals surface area contributed by atoms with E-state index in [1.807, 2.05) is 13.8 Å². The van der Waals surface area contributed by atoms with Gasteiger partial charge >= 0.3 is 5.63 Å². The van der Waals surface area contributed by atoms with Crippen molar-refractivity contribution in [1.82, 2.24) is 5.32 Å². The lowest BCUT2D eigenvalue weighted by Crippen LogP contribution is -2.49. The number of carboxylic acids is 1. The molecule has 0 aliphatic rings. The van der Waals surface area contributed by atoms with E-state index in [2.05, 4.69) is 5.32 Å². The zero-order valence-corrected chi connectivity index (χ0v) is 15.1. The van der Waals surface area contributed by atoms with Gasteiger partial charge in [0.25, 0.3) is 5.91 Å². The summed E-state index contributed by atoms with van der Waals surface area (Å²) >= 11 is 0. The minimum Gasteiger partial charge on any atom is -0.548 e. The normalized spacial score (nSPS) is 12.0. The van der Waals surface area contributed by atoms with Gasteiger partial charge in [-0.1, -0.05) is 19.8 Å². The van der Waals surface area contributed by atoms with Crippen molar-refractivity contribution in [2.75, 3.05) is 6.61 Å². The smallest absolute Gasteiger partial charge is 0.339 e. The van der Waals surface area contributed by atoms with Crippen LogP contribution in [0.4, 0.5) is 0 Å². The summed E-state index contributed by atoms with van der Waals surface area (Å²) in [5.74, 6) is -1.53. The van der Waals surface area contributed by atoms with Gasteiger partial charge < -0.3 is 24.4 Å². The van der Waals surface area contributed by atoms with Crippen LogP contribution in [-0.2, 0) is 9.59 Å². The first kappa shape index (κ1) is 19.5. The van der Waals surface area contributed by atoms with Gasteiger partial charge in [0.1, 0.15) is 11.3 Å². The predicted octanol–water partition coefficient (Wildman–Crippen LogP) is 1.21. The molecule has 2 aromatic rings. The molecular formula is C19H22NO6-. The second kappa shape index (κ2) is 8.51. The predicted molar refractivity (Wildman–Crippen MR) is 93.9 cm³/mol. The quantitative estimate of drug-likeness (QED) is 0.709. The number of hydrogen-bond acceptors (Lipinski definition) is 6. The number of carbonyl (C=O) groups excluding carboxylic acids is 2. The van der Waals surface area contributed by atoms with E-state index in [-0.39, 0.29) is 6.61 Å². The lowest BCUT2D eigenvalue weighted by atomic mass is 10.1. The fraction of sp³-hybridized carbons (Fsp3) is 0.421. The van der Waals surface area contributed by atoms with E-state index < -0.39 is 23.5 Å². The van der Waals surface area contributed by atoms with Crippen LogP contribution in [0, 0.1) is 13.8 Å². The van der Waals surface area contributed by atoms with Gasteiger partial charge in [0.05, 0.1) is 12.0 Å². The van der Waals surface area contributed by atoms with E-state index in [1.54, 1.807) is 19.1 Å². The topological polar surface area (TPSA) is 109 Å². The zero-order valence-electron chi connectivity index (χ0n) is 15.1. The molecule has 7 heteroatoms. The summed E-state index contributed by atoms with van der Waals surface area (Å²) in [7, 11) is 0. The Morgan fingerprint density at radius 1 is 1.27 bits per heavy atom. The molecule has 0 unspecified atom stereocenters. The summed E-state index contributed by atoms with van der Waals surface area (Å²) in [6, 6.07) is 3.91. The first-order chi connectivity index (χ1) is 12.3. The molecule has 0 radical (unpaired) electrons. The third kappa shape index (κ3) is 4.62. The first-order valence-electron chi connectivity index (χ1n) is 8.50. The van der Waals surface area contributed by atoms with Crippen LogP contribution < -0.4 is 20.8 Å². The molecule has 0 bridgehead atoms. The highest BCUT2D eigenvalue weighted by Crippen LogP contribution is 2.23. The van der Waals surface area contributed by atoms with E-state index in [0.29, 0.717) is 29.7 Å². The fourth-order valence-corrected chi connectivity index (χ4v) is 2.56. The highest BCUT2D eigenvalue weighted by Gasteiger charge is 2.14. The van der Waals surface area contributed by atoms with Gasteiger partial charge in [-0.05, 0) is 38.0 Å². The van der Waals surface area contributed by atoms with Gasteiger partial charge in [0.2, 0.25) is 0 Å². The third-order valence-corrected chi connectivity index (χ3v) is 4.26. The molecule has 0 aliphatic carbocycles. The Kier molecular flexibility index (Phi) is 6.38. The molecule has 1 N–H and O–H groups in total. The number of benzene rings is 1. The zero-order chi connectivity index (χ0) is 19.3. The number of aryl methyl sites for hydroxylation is 1. The van der Waals surface area contributed by atoms with E-state index >= 15 is 0 Å². The van der Waals surface area contributed by atoms with Gasteiger partial charge in [-0.25, -0.2) is 4.79 Å². The van der Waals surface area contributed by atoms with Crippen LogP contribution in [0.15, 0.2) is 27.4 Å². The summed E-state index contributed by atoms with van der Waals surface area (Å²) < 4.78 is 10.6. The Bertz CT molecular complexity index is 870. The van der Waals surface area contributed by atoms with Crippen molar-refractivity contribution in [3.8, 4) is 5.75 Å². The Hall–Kier alpha value is -2.83. The number of ether oxygens (including phenoxy) is 1. The number of amides is 1. The van der Waals surface area contributed by atoms with Gasteiger partial charge in [0, 0.05) is 17.0 Å². The van der Waals surface area contributed by atoms with Crippen LogP contribution >= 0.6 is 0 Å². The van der Waals surface area contributed by atoms with E-state index in [9.17, 15) is 19.5 Å². The monoisotopic (exact) mass is 360 g/mol. The van der Waals surface area contributed by atoms with Crippen molar-refractivity contribution in [2.45, 2.75) is 46.1 Å². The van der Waals surface area contributed by atoms with Crippen LogP contribution in [0.2, 0.25) is 0 Å². The number of carbonyl (C=O) groups is 2. The molecule has 0 fully saturated rings. The van der Waals surface area contributed by atoms with Gasteiger partial charge in [-0.3, -0.25) is 4.79 Å². The van der Waals surface area contributed by atoms with Crippen LogP contribution in [0.25, 0.3) is 11.0 Å². The van der Waals surface area contributed by atoms with Gasteiger partial charge in [0.15, 0.2) is 6.61 Å². The minimum atomic E-state index is -1.31. The van der Waals surface area contributed by atoms with Crippen molar-refractivity contribution in [2.24, 2.45) is 0 Å². The second-order valence-electron chi connectivity index (χ2n) is 6.17. The molecule has 1 aromatic carbocycles. The van der Waals surface area contributed by atoms with Gasteiger partial charge in [-0.15, -0.1) is 0 Å². The number of fused-ring (bicyclic) bond motifs is 1. The van der Waals surface area contributed by atoms with Crippen LogP contribution in [-0.4, -0.2) is 24.5 Å². The van der Waals surface area contributed by atoms with Crippen molar-refractivity contribution in [3.63, 3.8) is 0 Å². The molecule has 1 aromatic heterocycles. The van der Waals surface area contributed by atoms with Gasteiger partial charge in [-0.2, -0.15) is 0 Å². The maximum absolute atomic E-state index is 11.9. The van der Waals surface area contributed by atoms with Crippen LogP contribution in [0.3, 0.4) is 0 Å². The second-order valence-corrected chi connectivity index (χ2v) is 6.17. The van der Waals surface area contributed by atoms with Crippen molar-refractivity contribution in [1.29, 1.82) is 0 Å². The maximum atomic E-state index is 11.9.